The number of aromatic nitrogens is 1. The van der Waals surface area contributed by atoms with E-state index in [1.807, 2.05) is 44.2 Å². The van der Waals surface area contributed by atoms with Crippen molar-refractivity contribution in [3.05, 3.63) is 59.7 Å². The Balaban J connectivity index is 1.59. The SMILES string of the molecule is CC1(C)Oc2ccc(F)nc2[C@H]1CNC(=O)OCc1ccccc1. The van der Waals surface area contributed by atoms with Crippen LogP contribution < -0.4 is 10.1 Å². The average molecular weight is 330 g/mol. The van der Waals surface area contributed by atoms with E-state index in [1.54, 1.807) is 6.07 Å². The molecule has 0 unspecified atom stereocenters. The molecule has 0 bridgehead atoms. The number of amides is 1. The average Bonchev–Trinajstić information content (AvgIpc) is 2.81. The van der Waals surface area contributed by atoms with Crippen LogP contribution in [0.5, 0.6) is 5.75 Å². The second-order valence-electron chi connectivity index (χ2n) is 6.22. The van der Waals surface area contributed by atoms with Crippen LogP contribution >= 0.6 is 0 Å². The highest BCUT2D eigenvalue weighted by atomic mass is 19.1. The molecule has 1 atom stereocenters. The van der Waals surface area contributed by atoms with Crippen molar-refractivity contribution in [2.45, 2.75) is 32.0 Å². The molecule has 126 valence electrons. The third-order valence-corrected chi connectivity index (χ3v) is 4.06. The molecule has 6 heteroatoms. The quantitative estimate of drug-likeness (QED) is 0.873. The number of carbonyl (C=O) groups excluding carboxylic acids is 1. The molecule has 0 spiro atoms. The van der Waals surface area contributed by atoms with Crippen LogP contribution in [0.4, 0.5) is 9.18 Å². The monoisotopic (exact) mass is 330 g/mol. The van der Waals surface area contributed by atoms with Gasteiger partial charge >= 0.3 is 6.09 Å². The van der Waals surface area contributed by atoms with Gasteiger partial charge in [-0.25, -0.2) is 9.78 Å². The first-order valence-corrected chi connectivity index (χ1v) is 7.76. The van der Waals surface area contributed by atoms with Gasteiger partial charge in [0.15, 0.2) is 0 Å². The molecule has 1 aliphatic heterocycles. The molecule has 0 fully saturated rings. The molecule has 1 aromatic carbocycles. The summed E-state index contributed by atoms with van der Waals surface area (Å²) in [5.74, 6) is -0.273. The number of fused-ring (bicyclic) bond motifs is 1. The van der Waals surface area contributed by atoms with Gasteiger partial charge in [-0.15, -0.1) is 0 Å². The summed E-state index contributed by atoms with van der Waals surface area (Å²) in [5, 5.41) is 2.71. The van der Waals surface area contributed by atoms with Crippen LogP contribution in [-0.4, -0.2) is 23.2 Å². The number of hydrogen-bond acceptors (Lipinski definition) is 4. The highest BCUT2D eigenvalue weighted by Gasteiger charge is 2.42. The maximum atomic E-state index is 13.4. The largest absolute Gasteiger partial charge is 0.485 e. The van der Waals surface area contributed by atoms with Crippen LogP contribution in [0.15, 0.2) is 42.5 Å². The fourth-order valence-corrected chi connectivity index (χ4v) is 2.76. The van der Waals surface area contributed by atoms with Crippen molar-refractivity contribution in [2.24, 2.45) is 0 Å². The number of rotatable bonds is 4. The van der Waals surface area contributed by atoms with Gasteiger partial charge in [0, 0.05) is 6.54 Å². The van der Waals surface area contributed by atoms with E-state index in [4.69, 9.17) is 9.47 Å². The molecular weight excluding hydrogens is 311 g/mol. The van der Waals surface area contributed by atoms with Crippen molar-refractivity contribution < 1.29 is 18.7 Å². The second kappa shape index (κ2) is 6.47. The van der Waals surface area contributed by atoms with Gasteiger partial charge in [-0.3, -0.25) is 0 Å². The van der Waals surface area contributed by atoms with E-state index in [9.17, 15) is 9.18 Å². The fourth-order valence-electron chi connectivity index (χ4n) is 2.76. The number of hydrogen-bond donors (Lipinski definition) is 1. The molecular formula is C18H19FN2O3. The summed E-state index contributed by atoms with van der Waals surface area (Å²) in [6, 6.07) is 12.2. The van der Waals surface area contributed by atoms with Crippen molar-refractivity contribution in [1.82, 2.24) is 10.3 Å². The molecule has 3 rings (SSSR count). The van der Waals surface area contributed by atoms with E-state index in [0.717, 1.165) is 5.56 Å². The smallest absolute Gasteiger partial charge is 0.407 e. The third kappa shape index (κ3) is 3.48. The molecule has 0 saturated heterocycles. The standard InChI is InChI=1S/C18H19FN2O3/c1-18(2)13(16-14(24-18)8-9-15(19)21-16)10-20-17(22)23-11-12-6-4-3-5-7-12/h3-9,13H,10-11H2,1-2H3,(H,20,22)/t13-/m1/s1. The molecule has 2 aromatic rings. The Bertz CT molecular complexity index is 734. The topological polar surface area (TPSA) is 60.5 Å². The molecule has 1 amide bonds. The van der Waals surface area contributed by atoms with E-state index < -0.39 is 17.6 Å². The maximum absolute atomic E-state index is 13.4. The molecule has 24 heavy (non-hydrogen) atoms. The Morgan fingerprint density at radius 2 is 2.04 bits per heavy atom. The molecule has 0 radical (unpaired) electrons. The number of carbonyl (C=O) groups is 1. The lowest BCUT2D eigenvalue weighted by Gasteiger charge is -2.25. The van der Waals surface area contributed by atoms with E-state index in [-0.39, 0.29) is 19.1 Å². The first-order chi connectivity index (χ1) is 11.5. The minimum Gasteiger partial charge on any atom is -0.485 e. The zero-order valence-corrected chi connectivity index (χ0v) is 13.6. The summed E-state index contributed by atoms with van der Waals surface area (Å²) in [4.78, 5) is 15.8. The number of pyridine rings is 1. The minimum atomic E-state index is -0.587. The van der Waals surface area contributed by atoms with Gasteiger partial charge in [0.1, 0.15) is 18.0 Å². The Kier molecular flexibility index (Phi) is 4.38. The van der Waals surface area contributed by atoms with Gasteiger partial charge in [-0.2, -0.15) is 4.39 Å². The van der Waals surface area contributed by atoms with Crippen molar-refractivity contribution in [3.8, 4) is 5.75 Å². The highest BCUT2D eigenvalue weighted by Crippen LogP contribution is 2.42. The molecule has 1 N–H and O–H groups in total. The lowest BCUT2D eigenvalue weighted by atomic mass is 9.90. The van der Waals surface area contributed by atoms with Gasteiger partial charge in [-0.1, -0.05) is 30.3 Å². The lowest BCUT2D eigenvalue weighted by molar-refractivity contribution is 0.104. The second-order valence-corrected chi connectivity index (χ2v) is 6.22. The van der Waals surface area contributed by atoms with Crippen LogP contribution in [0.3, 0.4) is 0 Å². The zero-order valence-electron chi connectivity index (χ0n) is 13.6. The van der Waals surface area contributed by atoms with Gasteiger partial charge in [-0.05, 0) is 31.5 Å². The Morgan fingerprint density at radius 1 is 1.29 bits per heavy atom. The normalized spacial score (nSPS) is 17.7. The van der Waals surface area contributed by atoms with Crippen molar-refractivity contribution >= 4 is 6.09 Å². The predicted molar refractivity (Wildman–Crippen MR) is 86.3 cm³/mol. The van der Waals surface area contributed by atoms with Gasteiger partial charge < -0.3 is 14.8 Å². The number of benzene rings is 1. The van der Waals surface area contributed by atoms with Gasteiger partial charge in [0.05, 0.1) is 11.6 Å². The molecule has 5 nitrogen and oxygen atoms in total. The maximum Gasteiger partial charge on any atom is 0.407 e. The number of alkyl carbamates (subject to hydrolysis) is 1. The molecule has 2 heterocycles. The van der Waals surface area contributed by atoms with Crippen LogP contribution in [0, 0.1) is 5.95 Å². The Hall–Kier alpha value is -2.63. The predicted octanol–water partition coefficient (Wildman–Crippen LogP) is 3.40. The summed E-state index contributed by atoms with van der Waals surface area (Å²) in [5.41, 5.74) is 0.838. The third-order valence-electron chi connectivity index (χ3n) is 4.06. The Labute approximate surface area is 139 Å². The van der Waals surface area contributed by atoms with E-state index in [2.05, 4.69) is 10.3 Å². The molecule has 0 saturated carbocycles. The molecule has 1 aromatic heterocycles. The molecule has 1 aliphatic rings. The summed E-state index contributed by atoms with van der Waals surface area (Å²) in [6.07, 6.45) is -0.528. The van der Waals surface area contributed by atoms with Crippen LogP contribution in [0.1, 0.15) is 31.0 Å². The van der Waals surface area contributed by atoms with Gasteiger partial charge in [0.25, 0.3) is 0 Å². The summed E-state index contributed by atoms with van der Waals surface area (Å²) >= 11 is 0. The summed E-state index contributed by atoms with van der Waals surface area (Å²) < 4.78 is 24.4. The van der Waals surface area contributed by atoms with E-state index >= 15 is 0 Å². The van der Waals surface area contributed by atoms with E-state index in [0.29, 0.717) is 11.4 Å². The van der Waals surface area contributed by atoms with Gasteiger partial charge in [0.2, 0.25) is 5.95 Å². The van der Waals surface area contributed by atoms with Crippen LogP contribution in [-0.2, 0) is 11.3 Å². The molecule has 0 aliphatic carbocycles. The lowest BCUT2D eigenvalue weighted by Crippen LogP contribution is -2.39. The van der Waals surface area contributed by atoms with Crippen LogP contribution in [0.2, 0.25) is 0 Å². The van der Waals surface area contributed by atoms with Crippen LogP contribution in [0.25, 0.3) is 0 Å². The number of halogens is 1. The summed E-state index contributed by atoms with van der Waals surface area (Å²) in [6.45, 7) is 4.22. The zero-order chi connectivity index (χ0) is 17.2. The minimum absolute atomic E-state index is 0.195. The fraction of sp³-hybridized carbons (Fsp3) is 0.333. The van der Waals surface area contributed by atoms with Crippen molar-refractivity contribution in [1.29, 1.82) is 0 Å². The first-order valence-electron chi connectivity index (χ1n) is 7.76. The Morgan fingerprint density at radius 3 is 2.79 bits per heavy atom. The van der Waals surface area contributed by atoms with Crippen molar-refractivity contribution in [2.75, 3.05) is 6.54 Å². The first kappa shape index (κ1) is 16.2. The number of nitrogens with zero attached hydrogens (tertiary/aromatic N) is 1. The number of ether oxygens (including phenoxy) is 2. The summed E-state index contributed by atoms with van der Waals surface area (Å²) in [7, 11) is 0. The highest BCUT2D eigenvalue weighted by molar-refractivity contribution is 5.67. The van der Waals surface area contributed by atoms with Crippen molar-refractivity contribution in [3.63, 3.8) is 0 Å². The number of nitrogens with one attached hydrogen (secondary N) is 1. The van der Waals surface area contributed by atoms with E-state index in [1.165, 1.54) is 6.07 Å².